The molecule has 0 saturated carbocycles. The van der Waals surface area contributed by atoms with Crippen molar-refractivity contribution < 1.29 is 14.3 Å². The molecule has 0 spiro atoms. The van der Waals surface area contributed by atoms with E-state index in [0.29, 0.717) is 23.2 Å². The number of unbranched alkanes of at least 4 members (excludes halogenated alkanes) is 1. The second-order valence-electron chi connectivity index (χ2n) is 7.00. The van der Waals surface area contributed by atoms with Crippen LogP contribution in [-0.2, 0) is 9.53 Å². The quantitative estimate of drug-likeness (QED) is 0.472. The van der Waals surface area contributed by atoms with Gasteiger partial charge in [0, 0.05) is 16.7 Å². The SMILES string of the molecule is CCCC[C@H](NC(=O)c1ccc(N)cc1C#CC(C)(C)C)C(=O)OC. The van der Waals surface area contributed by atoms with E-state index < -0.39 is 12.0 Å². The Hall–Kier alpha value is -2.48. The highest BCUT2D eigenvalue weighted by Crippen LogP contribution is 2.16. The Labute approximate surface area is 150 Å². The molecule has 136 valence electrons. The minimum Gasteiger partial charge on any atom is -0.467 e. The number of nitrogens with one attached hydrogen (secondary N) is 1. The van der Waals surface area contributed by atoms with Gasteiger partial charge in [0.15, 0.2) is 0 Å². The summed E-state index contributed by atoms with van der Waals surface area (Å²) in [7, 11) is 1.32. The van der Waals surface area contributed by atoms with Crippen LogP contribution in [0.3, 0.4) is 0 Å². The molecule has 1 aromatic rings. The van der Waals surface area contributed by atoms with Crippen molar-refractivity contribution in [1.29, 1.82) is 0 Å². The summed E-state index contributed by atoms with van der Waals surface area (Å²) in [6.07, 6.45) is 2.28. The van der Waals surface area contributed by atoms with Gasteiger partial charge in [0.2, 0.25) is 0 Å². The third kappa shape index (κ3) is 6.88. The summed E-state index contributed by atoms with van der Waals surface area (Å²) in [5, 5.41) is 2.75. The van der Waals surface area contributed by atoms with E-state index in [9.17, 15) is 9.59 Å². The number of carbonyl (C=O) groups is 2. The zero-order valence-corrected chi connectivity index (χ0v) is 15.7. The maximum absolute atomic E-state index is 12.7. The molecule has 1 atom stereocenters. The molecule has 0 unspecified atom stereocenters. The fourth-order valence-corrected chi connectivity index (χ4v) is 2.15. The molecule has 1 rings (SSSR count). The van der Waals surface area contributed by atoms with Crippen LogP contribution in [0.4, 0.5) is 5.69 Å². The number of ether oxygens (including phenoxy) is 1. The lowest BCUT2D eigenvalue weighted by Gasteiger charge is -2.17. The molecule has 5 nitrogen and oxygen atoms in total. The Kier molecular flexibility index (Phi) is 7.50. The molecule has 1 aromatic carbocycles. The molecule has 1 amide bonds. The van der Waals surface area contributed by atoms with Crippen LogP contribution in [-0.4, -0.2) is 25.0 Å². The van der Waals surface area contributed by atoms with E-state index in [1.807, 2.05) is 27.7 Å². The van der Waals surface area contributed by atoms with Crippen molar-refractivity contribution in [2.45, 2.75) is 53.0 Å². The van der Waals surface area contributed by atoms with Crippen molar-refractivity contribution >= 4 is 17.6 Å². The minimum atomic E-state index is -0.668. The number of hydrogen-bond donors (Lipinski definition) is 2. The average Bonchev–Trinajstić information content (AvgIpc) is 2.55. The fourth-order valence-electron chi connectivity index (χ4n) is 2.15. The van der Waals surface area contributed by atoms with Crippen LogP contribution in [0.2, 0.25) is 0 Å². The number of nitrogen functional groups attached to an aromatic ring is 1. The number of amides is 1. The molecule has 3 N–H and O–H groups in total. The highest BCUT2D eigenvalue weighted by Gasteiger charge is 2.22. The number of benzene rings is 1. The molecule has 0 aliphatic rings. The third-order valence-corrected chi connectivity index (χ3v) is 3.50. The predicted molar refractivity (Wildman–Crippen MR) is 100.0 cm³/mol. The number of hydrogen-bond acceptors (Lipinski definition) is 4. The zero-order valence-electron chi connectivity index (χ0n) is 15.7. The van der Waals surface area contributed by atoms with Crippen molar-refractivity contribution in [1.82, 2.24) is 5.32 Å². The van der Waals surface area contributed by atoms with E-state index in [2.05, 4.69) is 17.2 Å². The van der Waals surface area contributed by atoms with E-state index >= 15 is 0 Å². The van der Waals surface area contributed by atoms with Crippen molar-refractivity contribution in [2.24, 2.45) is 5.41 Å². The van der Waals surface area contributed by atoms with Gasteiger partial charge in [-0.25, -0.2) is 4.79 Å². The molecule has 0 fully saturated rings. The first-order valence-corrected chi connectivity index (χ1v) is 8.49. The molecular weight excluding hydrogens is 316 g/mol. The van der Waals surface area contributed by atoms with Gasteiger partial charge in [-0.2, -0.15) is 0 Å². The number of nitrogens with two attached hydrogens (primary N) is 1. The lowest BCUT2D eigenvalue weighted by Crippen LogP contribution is -2.41. The van der Waals surface area contributed by atoms with Gasteiger partial charge in [-0.3, -0.25) is 4.79 Å². The standard InChI is InChI=1S/C20H28N2O3/c1-6-7-8-17(19(24)25-5)22-18(23)16-10-9-15(21)13-14(16)11-12-20(2,3)4/h9-10,13,17H,6-8,21H2,1-5H3,(H,22,23)/t17-/m0/s1. The van der Waals surface area contributed by atoms with Crippen LogP contribution < -0.4 is 11.1 Å². The summed E-state index contributed by atoms with van der Waals surface area (Å²) in [5.74, 6) is 5.33. The maximum Gasteiger partial charge on any atom is 0.328 e. The topological polar surface area (TPSA) is 81.4 Å². The third-order valence-electron chi connectivity index (χ3n) is 3.50. The van der Waals surface area contributed by atoms with E-state index in [-0.39, 0.29) is 11.3 Å². The van der Waals surface area contributed by atoms with Crippen LogP contribution in [0.5, 0.6) is 0 Å². The zero-order chi connectivity index (χ0) is 19.0. The number of anilines is 1. The Morgan fingerprint density at radius 2 is 2.00 bits per heavy atom. The minimum absolute atomic E-state index is 0.200. The molecule has 0 bridgehead atoms. The summed E-state index contributed by atoms with van der Waals surface area (Å²) < 4.78 is 4.79. The molecule has 5 heteroatoms. The van der Waals surface area contributed by atoms with Crippen LogP contribution >= 0.6 is 0 Å². The Bertz CT molecular complexity index is 678. The number of carbonyl (C=O) groups excluding carboxylic acids is 2. The fraction of sp³-hybridized carbons (Fsp3) is 0.500. The van der Waals surface area contributed by atoms with Gasteiger partial charge < -0.3 is 15.8 Å². The van der Waals surface area contributed by atoms with Crippen molar-refractivity contribution in [3.8, 4) is 11.8 Å². The van der Waals surface area contributed by atoms with E-state index in [1.165, 1.54) is 7.11 Å². The van der Waals surface area contributed by atoms with Gasteiger partial charge in [-0.05, 0) is 45.4 Å². The molecule has 0 saturated heterocycles. The molecule has 0 heterocycles. The van der Waals surface area contributed by atoms with Crippen molar-refractivity contribution in [3.63, 3.8) is 0 Å². The Balaban J connectivity index is 3.10. The van der Waals surface area contributed by atoms with Gasteiger partial charge >= 0.3 is 5.97 Å². The van der Waals surface area contributed by atoms with Crippen LogP contribution in [0.25, 0.3) is 0 Å². The molecular formula is C20H28N2O3. The largest absolute Gasteiger partial charge is 0.467 e. The number of rotatable bonds is 6. The highest BCUT2D eigenvalue weighted by molar-refractivity contribution is 5.99. The van der Waals surface area contributed by atoms with E-state index in [4.69, 9.17) is 10.5 Å². The summed E-state index contributed by atoms with van der Waals surface area (Å²) >= 11 is 0. The first kappa shape index (κ1) is 20.6. The normalized spacial score (nSPS) is 11.9. The Morgan fingerprint density at radius 3 is 2.56 bits per heavy atom. The summed E-state index contributed by atoms with van der Waals surface area (Å²) in [6.45, 7) is 7.99. The molecule has 25 heavy (non-hydrogen) atoms. The second-order valence-corrected chi connectivity index (χ2v) is 7.00. The molecule has 0 aliphatic heterocycles. The van der Waals surface area contributed by atoms with Gasteiger partial charge in [-0.15, -0.1) is 0 Å². The first-order valence-electron chi connectivity index (χ1n) is 8.49. The van der Waals surface area contributed by atoms with Crippen molar-refractivity contribution in [3.05, 3.63) is 29.3 Å². The van der Waals surface area contributed by atoms with Crippen LogP contribution in [0, 0.1) is 17.3 Å². The smallest absolute Gasteiger partial charge is 0.328 e. The highest BCUT2D eigenvalue weighted by atomic mass is 16.5. The van der Waals surface area contributed by atoms with Gasteiger partial charge in [0.25, 0.3) is 5.91 Å². The average molecular weight is 344 g/mol. The lowest BCUT2D eigenvalue weighted by molar-refractivity contribution is -0.143. The van der Waals surface area contributed by atoms with Crippen LogP contribution in [0.1, 0.15) is 62.9 Å². The predicted octanol–water partition coefficient (Wildman–Crippen LogP) is 3.13. The first-order chi connectivity index (χ1) is 11.7. The molecule has 0 radical (unpaired) electrons. The van der Waals surface area contributed by atoms with Gasteiger partial charge in [-0.1, -0.05) is 31.6 Å². The van der Waals surface area contributed by atoms with Crippen molar-refractivity contribution in [2.75, 3.05) is 12.8 Å². The number of methoxy groups -OCH3 is 1. The molecule has 0 aromatic heterocycles. The summed E-state index contributed by atoms with van der Waals surface area (Å²) in [5.41, 5.74) is 7.11. The maximum atomic E-state index is 12.7. The van der Waals surface area contributed by atoms with E-state index in [1.54, 1.807) is 18.2 Å². The second kappa shape index (κ2) is 9.12. The Morgan fingerprint density at radius 1 is 1.32 bits per heavy atom. The van der Waals surface area contributed by atoms with Crippen LogP contribution in [0.15, 0.2) is 18.2 Å². The van der Waals surface area contributed by atoms with Gasteiger partial charge in [0.05, 0.1) is 12.7 Å². The van der Waals surface area contributed by atoms with Gasteiger partial charge in [0.1, 0.15) is 6.04 Å². The molecule has 0 aliphatic carbocycles. The van der Waals surface area contributed by atoms with E-state index in [0.717, 1.165) is 12.8 Å². The summed E-state index contributed by atoms with van der Waals surface area (Å²) in [4.78, 5) is 24.6. The number of esters is 1. The lowest BCUT2D eigenvalue weighted by atomic mass is 9.96. The monoisotopic (exact) mass is 344 g/mol. The summed E-state index contributed by atoms with van der Waals surface area (Å²) in [6, 6.07) is 4.28.